The van der Waals surface area contributed by atoms with Gasteiger partial charge in [0.1, 0.15) is 5.78 Å². The minimum absolute atomic E-state index is 0.225. The fourth-order valence-electron chi connectivity index (χ4n) is 9.77. The van der Waals surface area contributed by atoms with Gasteiger partial charge in [0.2, 0.25) is 11.8 Å². The van der Waals surface area contributed by atoms with Crippen LogP contribution in [0, 0.1) is 23.7 Å². The second-order valence-electron chi connectivity index (χ2n) is 21.4. The average Bonchev–Trinajstić information content (AvgIpc) is 3.99. The first-order valence-electron chi connectivity index (χ1n) is 25.8. The maximum Gasteiger partial charge on any atom is 0.304 e. The molecule has 74 heavy (non-hydrogen) atoms. The molecule has 0 bridgehead atoms. The first-order chi connectivity index (χ1) is 35.0. The minimum atomic E-state index is -1.27. The Morgan fingerprint density at radius 1 is 0.689 bits per heavy atom. The van der Waals surface area contributed by atoms with Crippen LogP contribution in [0.5, 0.6) is 0 Å². The van der Waals surface area contributed by atoms with Crippen LogP contribution in [0.3, 0.4) is 0 Å². The molecule has 18 heteroatoms. The molecule has 0 radical (unpaired) electrons. The Labute approximate surface area is 434 Å². The molecule has 2 amide bonds. The summed E-state index contributed by atoms with van der Waals surface area (Å²) >= 11 is 0. The van der Waals surface area contributed by atoms with Gasteiger partial charge in [0.15, 0.2) is 5.78 Å². The van der Waals surface area contributed by atoms with E-state index >= 15 is 0 Å². The first kappa shape index (κ1) is 56.5. The number of fused-ring (bicyclic) bond motifs is 2. The van der Waals surface area contributed by atoms with E-state index in [4.69, 9.17) is 15.1 Å². The van der Waals surface area contributed by atoms with Crippen molar-refractivity contribution in [2.45, 2.75) is 84.6 Å². The van der Waals surface area contributed by atoms with E-state index < -0.39 is 103 Å². The predicted molar refractivity (Wildman–Crippen MR) is 285 cm³/mol. The Bertz CT molecular complexity index is 2620. The molecule has 4 atom stereocenters. The third-order valence-electron chi connectivity index (χ3n) is 14.6. The number of anilines is 2. The molecule has 3 aromatic rings. The number of rotatable bonds is 28. The van der Waals surface area contributed by atoms with Gasteiger partial charge in [-0.25, -0.2) is 0 Å². The summed E-state index contributed by atoms with van der Waals surface area (Å²) in [6.07, 6.45) is -0.477. The van der Waals surface area contributed by atoms with Crippen molar-refractivity contribution in [2.24, 2.45) is 33.7 Å². The van der Waals surface area contributed by atoms with Crippen LogP contribution >= 0.6 is 0 Å². The van der Waals surface area contributed by atoms with Crippen molar-refractivity contribution in [3.8, 4) is 0 Å². The van der Waals surface area contributed by atoms with Crippen molar-refractivity contribution in [3.63, 3.8) is 0 Å². The van der Waals surface area contributed by atoms with Gasteiger partial charge in [0, 0.05) is 102 Å². The molecule has 0 spiro atoms. The van der Waals surface area contributed by atoms with Gasteiger partial charge in [-0.2, -0.15) is 0 Å². The Balaban J connectivity index is 0.943. The zero-order valence-corrected chi connectivity index (χ0v) is 44.1. The molecule has 18 nitrogen and oxygen atoms in total. The number of nitrogens with one attached hydrogen (secondary N) is 2. The van der Waals surface area contributed by atoms with Crippen LogP contribution in [0.4, 0.5) is 22.7 Å². The van der Waals surface area contributed by atoms with E-state index in [1.54, 1.807) is 13.8 Å². The summed E-state index contributed by atoms with van der Waals surface area (Å²) in [4.78, 5) is 105. The molecule has 0 aromatic heterocycles. The van der Waals surface area contributed by atoms with Crippen LogP contribution in [-0.2, 0) is 46.4 Å². The second-order valence-corrected chi connectivity index (χ2v) is 21.4. The predicted octanol–water partition coefficient (Wildman–Crippen LogP) is 5.55. The number of hydrogen-bond acceptors (Lipinski definition) is 12. The fourth-order valence-corrected chi connectivity index (χ4v) is 9.77. The molecular weight excluding hydrogens is 945 g/mol. The van der Waals surface area contributed by atoms with Gasteiger partial charge in [-0.05, 0) is 84.1 Å². The SMILES string of the molecule is CC(C)[C@H](NC(=O)[C@H](CCC(=O)O)CC(=O)[C@@H](C)CC(=O)O)C(=O)C[C@@H](CC(=O)O)C(=O)NCCC[N+](C)(C)CCN(C)c1ccc(C2=Nc3ccc(C4=Nc5ccc(N6CCN(C)CC6)cc5C4)cc3C2)cc1. The highest BCUT2D eigenvalue weighted by Gasteiger charge is 2.34. The highest BCUT2D eigenvalue weighted by Crippen LogP contribution is 2.36. The van der Waals surface area contributed by atoms with Gasteiger partial charge >= 0.3 is 17.9 Å². The van der Waals surface area contributed by atoms with E-state index in [0.29, 0.717) is 17.4 Å². The molecule has 1 fully saturated rings. The summed E-state index contributed by atoms with van der Waals surface area (Å²) in [7, 11) is 8.44. The number of carbonyl (C=O) groups is 7. The Morgan fingerprint density at radius 2 is 1.28 bits per heavy atom. The lowest BCUT2D eigenvalue weighted by Crippen LogP contribution is -2.48. The largest absolute Gasteiger partial charge is 0.481 e. The number of likely N-dealkylation sites (N-methyl/N-ethyl adjacent to an activating group) is 3. The smallest absolute Gasteiger partial charge is 0.304 e. The summed E-state index contributed by atoms with van der Waals surface area (Å²) in [5.41, 5.74) is 11.2. The molecule has 3 aromatic carbocycles. The normalized spacial score (nSPS) is 16.0. The van der Waals surface area contributed by atoms with Gasteiger partial charge in [0.25, 0.3) is 0 Å². The standard InChI is InChI=1S/C56H74N8O10/c1-35(2)54(60-56(74)39(12-18-51(67)68)32-49(65)36(3)27-52(69)70)50(66)33-42(34-53(71)72)55(73)57-19-8-25-64(6,7)26-24-62(5)43-13-9-37(10-14-43)47-30-40-28-38(11-16-45(40)58-47)48-31-41-29-44(15-17-46(41)59-48)63-22-20-61(4)21-23-63/h9-11,13-17,28-29,35-36,39,42,54H,8,12,18-27,30-34H2,1-7H3,(H4-,57,60,67,68,69,70,71,72,73,74)/p+1/t36-,39+,42-,54-/m0/s1. The Kier molecular flexibility index (Phi) is 19.4. The van der Waals surface area contributed by atoms with Crippen LogP contribution < -0.4 is 20.4 Å². The molecule has 0 unspecified atom stereocenters. The fraction of sp³-hybridized carbons (Fsp3) is 0.518. The van der Waals surface area contributed by atoms with Crippen LogP contribution in [-0.4, -0.2) is 164 Å². The second kappa shape index (κ2) is 25.4. The van der Waals surface area contributed by atoms with Crippen molar-refractivity contribution in [3.05, 3.63) is 82.9 Å². The number of quaternary nitrogens is 1. The number of nitrogens with zero attached hydrogens (tertiary/aromatic N) is 6. The molecule has 3 aliphatic heterocycles. The van der Waals surface area contributed by atoms with Gasteiger partial charge in [-0.15, -0.1) is 0 Å². The van der Waals surface area contributed by atoms with Gasteiger partial charge in [-0.3, -0.25) is 43.5 Å². The van der Waals surface area contributed by atoms with E-state index in [1.807, 2.05) is 0 Å². The Morgan fingerprint density at radius 3 is 1.91 bits per heavy atom. The minimum Gasteiger partial charge on any atom is -0.481 e. The van der Waals surface area contributed by atoms with Crippen LogP contribution in [0.25, 0.3) is 0 Å². The molecule has 5 N–H and O–H groups in total. The Hall–Kier alpha value is -6.79. The maximum atomic E-state index is 13.7. The number of hydrogen-bond donors (Lipinski definition) is 5. The van der Waals surface area contributed by atoms with Crippen molar-refractivity contribution in [1.29, 1.82) is 0 Å². The zero-order chi connectivity index (χ0) is 53.9. The number of ketones is 2. The molecule has 1 saturated heterocycles. The van der Waals surface area contributed by atoms with Gasteiger partial charge in [-0.1, -0.05) is 39.0 Å². The van der Waals surface area contributed by atoms with Crippen LogP contribution in [0.1, 0.15) is 88.0 Å². The molecule has 0 aliphatic carbocycles. The number of benzene rings is 3. The monoisotopic (exact) mass is 1020 g/mol. The van der Waals surface area contributed by atoms with Crippen molar-refractivity contribution in [1.82, 2.24) is 15.5 Å². The number of aliphatic carboxylic acids is 3. The summed E-state index contributed by atoms with van der Waals surface area (Å²) in [5, 5.41) is 33.4. The number of Topliss-reactive ketones (excluding diaryl/α,β-unsaturated/α-hetero) is 2. The lowest BCUT2D eigenvalue weighted by atomic mass is 9.87. The summed E-state index contributed by atoms with van der Waals surface area (Å²) in [6.45, 7) is 11.5. The molecular formula is C56H75N8O10+. The summed E-state index contributed by atoms with van der Waals surface area (Å²) < 4.78 is 0.649. The van der Waals surface area contributed by atoms with Crippen LogP contribution in [0.15, 0.2) is 70.6 Å². The molecule has 398 valence electrons. The van der Waals surface area contributed by atoms with Crippen molar-refractivity contribution >= 4 is 75.5 Å². The molecule has 0 saturated carbocycles. The van der Waals surface area contributed by atoms with Crippen molar-refractivity contribution < 1.29 is 53.4 Å². The first-order valence-corrected chi connectivity index (χ1v) is 25.8. The van der Waals surface area contributed by atoms with Gasteiger partial charge < -0.3 is 45.1 Å². The zero-order valence-electron chi connectivity index (χ0n) is 44.1. The van der Waals surface area contributed by atoms with E-state index in [9.17, 15) is 43.8 Å². The molecule has 3 heterocycles. The van der Waals surface area contributed by atoms with Crippen LogP contribution in [0.2, 0.25) is 0 Å². The van der Waals surface area contributed by atoms with E-state index in [2.05, 4.69) is 114 Å². The number of carbonyl (C=O) groups excluding carboxylic acids is 4. The van der Waals surface area contributed by atoms with E-state index in [-0.39, 0.29) is 13.0 Å². The number of piperazine rings is 1. The van der Waals surface area contributed by atoms with E-state index in [1.165, 1.54) is 23.7 Å². The highest BCUT2D eigenvalue weighted by molar-refractivity contribution is 6.10. The quantitative estimate of drug-likeness (QED) is 0.0444. The molecule has 6 rings (SSSR count). The summed E-state index contributed by atoms with van der Waals surface area (Å²) in [5.74, 6) is -9.92. The highest BCUT2D eigenvalue weighted by atomic mass is 16.4. The van der Waals surface area contributed by atoms with Gasteiger partial charge in [0.05, 0.1) is 81.3 Å². The number of carboxylic acids is 3. The number of amides is 2. The van der Waals surface area contributed by atoms with E-state index in [0.717, 1.165) is 91.7 Å². The third-order valence-corrected chi connectivity index (χ3v) is 14.6. The molecule has 3 aliphatic rings. The number of aliphatic imine (C=N–C) groups is 2. The average molecular weight is 1020 g/mol. The topological polar surface area (TPSA) is 239 Å². The lowest BCUT2D eigenvalue weighted by molar-refractivity contribution is -0.888. The lowest BCUT2D eigenvalue weighted by Gasteiger charge is -2.34. The summed E-state index contributed by atoms with van der Waals surface area (Å²) in [6, 6.07) is 20.5. The maximum absolute atomic E-state index is 13.7. The van der Waals surface area contributed by atoms with Crippen molar-refractivity contribution in [2.75, 3.05) is 90.3 Å². The third kappa shape index (κ3) is 15.9. The number of carboxylic acid groups (broad SMARTS) is 3.